The number of carboxylic acid groups (broad SMARTS) is 1. The number of nitrogens with zero attached hydrogens (tertiary/aromatic N) is 4. The average Bonchev–Trinajstić information content (AvgIpc) is 3.00. The molecule has 122 valence electrons. The van der Waals surface area contributed by atoms with Crippen LogP contribution in [0, 0.1) is 0 Å². The Kier molecular flexibility index (Phi) is 5.02. The third kappa shape index (κ3) is 4.33. The number of ether oxygens (including phenoxy) is 1. The number of aromatic nitrogens is 4. The Balaban J connectivity index is 2.11. The number of nitrogens with one attached hydrogen (secondary N) is 1. The van der Waals surface area contributed by atoms with Crippen molar-refractivity contribution in [3.63, 3.8) is 0 Å². The maximum absolute atomic E-state index is 12.3. The summed E-state index contributed by atoms with van der Waals surface area (Å²) in [5.74, 6) is -0.933. The minimum atomic E-state index is -1.02. The summed E-state index contributed by atoms with van der Waals surface area (Å²) >= 11 is 0. The van der Waals surface area contributed by atoms with Crippen LogP contribution in [0.25, 0.3) is 5.82 Å². The van der Waals surface area contributed by atoms with E-state index < -0.39 is 17.4 Å². The lowest BCUT2D eigenvalue weighted by molar-refractivity contribution is -0.139. The fraction of sp³-hybridized carbons (Fsp3) is 0.357. The molecule has 9 heteroatoms. The number of carbonyl (C=O) groups excluding carboxylic acids is 1. The summed E-state index contributed by atoms with van der Waals surface area (Å²) in [4.78, 5) is 31.2. The maximum Gasteiger partial charge on any atom is 0.305 e. The molecule has 0 saturated heterocycles. The van der Waals surface area contributed by atoms with E-state index in [2.05, 4.69) is 20.4 Å². The molecule has 0 spiro atoms. The zero-order valence-electron chi connectivity index (χ0n) is 12.8. The average molecular weight is 319 g/mol. The van der Waals surface area contributed by atoms with E-state index in [4.69, 9.17) is 9.84 Å². The molecule has 0 aromatic carbocycles. The van der Waals surface area contributed by atoms with Gasteiger partial charge in [-0.3, -0.25) is 9.59 Å². The van der Waals surface area contributed by atoms with Crippen LogP contribution in [0.1, 0.15) is 23.7 Å². The van der Waals surface area contributed by atoms with Gasteiger partial charge in [0.15, 0.2) is 5.82 Å². The predicted molar refractivity (Wildman–Crippen MR) is 79.2 cm³/mol. The standard InChI is InChI=1S/C14H17N5O4/c1-14(7-23-2,5-12(20)21)18-13(22)10-3-4-11(16-6-10)19-9-15-8-17-19/h3-4,6,8-9H,5,7H2,1-2H3,(H,18,22)(H,20,21). The van der Waals surface area contributed by atoms with Crippen LogP contribution in [0.3, 0.4) is 0 Å². The summed E-state index contributed by atoms with van der Waals surface area (Å²) in [5.41, 5.74) is -0.705. The van der Waals surface area contributed by atoms with Crippen LogP contribution in [0.4, 0.5) is 0 Å². The van der Waals surface area contributed by atoms with Crippen LogP contribution in [-0.4, -0.2) is 56.0 Å². The Morgan fingerprint density at radius 2 is 2.22 bits per heavy atom. The van der Waals surface area contributed by atoms with Gasteiger partial charge in [0.25, 0.3) is 5.91 Å². The number of aliphatic carboxylic acids is 1. The molecule has 1 amide bonds. The molecule has 1 unspecified atom stereocenters. The largest absolute Gasteiger partial charge is 0.481 e. The van der Waals surface area contributed by atoms with E-state index in [-0.39, 0.29) is 13.0 Å². The number of carboxylic acids is 1. The maximum atomic E-state index is 12.3. The molecule has 0 saturated carbocycles. The number of hydrogen-bond acceptors (Lipinski definition) is 6. The smallest absolute Gasteiger partial charge is 0.305 e. The molecule has 1 atom stereocenters. The van der Waals surface area contributed by atoms with Gasteiger partial charge < -0.3 is 15.2 Å². The molecule has 2 rings (SSSR count). The van der Waals surface area contributed by atoms with Crippen molar-refractivity contribution in [2.24, 2.45) is 0 Å². The van der Waals surface area contributed by atoms with Crippen molar-refractivity contribution in [2.45, 2.75) is 18.9 Å². The van der Waals surface area contributed by atoms with Gasteiger partial charge in [0.1, 0.15) is 12.7 Å². The molecule has 2 aromatic heterocycles. The minimum Gasteiger partial charge on any atom is -0.481 e. The van der Waals surface area contributed by atoms with Crippen LogP contribution < -0.4 is 5.32 Å². The molecule has 0 fully saturated rings. The van der Waals surface area contributed by atoms with Gasteiger partial charge >= 0.3 is 5.97 Å². The molecule has 2 N–H and O–H groups in total. The summed E-state index contributed by atoms with van der Waals surface area (Å²) in [6, 6.07) is 3.20. The summed E-state index contributed by atoms with van der Waals surface area (Å²) < 4.78 is 6.46. The van der Waals surface area contributed by atoms with Crippen molar-refractivity contribution < 1.29 is 19.4 Å². The Hall–Kier alpha value is -2.81. The van der Waals surface area contributed by atoms with Gasteiger partial charge in [0.05, 0.1) is 24.1 Å². The molecule has 0 radical (unpaired) electrons. The van der Waals surface area contributed by atoms with Crippen molar-refractivity contribution in [2.75, 3.05) is 13.7 Å². The molecule has 2 aromatic rings. The van der Waals surface area contributed by atoms with E-state index in [1.807, 2.05) is 0 Å². The third-order valence-corrected chi connectivity index (χ3v) is 3.08. The van der Waals surface area contributed by atoms with Crippen molar-refractivity contribution in [1.29, 1.82) is 0 Å². The fourth-order valence-corrected chi connectivity index (χ4v) is 2.11. The molecule has 23 heavy (non-hydrogen) atoms. The second-order valence-corrected chi connectivity index (χ2v) is 5.26. The van der Waals surface area contributed by atoms with E-state index in [0.29, 0.717) is 11.4 Å². The number of rotatable bonds is 7. The number of hydrogen-bond donors (Lipinski definition) is 2. The molecule has 2 heterocycles. The fourth-order valence-electron chi connectivity index (χ4n) is 2.11. The minimum absolute atomic E-state index is 0.0789. The summed E-state index contributed by atoms with van der Waals surface area (Å²) in [6.45, 7) is 1.69. The van der Waals surface area contributed by atoms with E-state index in [1.54, 1.807) is 19.1 Å². The lowest BCUT2D eigenvalue weighted by atomic mass is 9.98. The Morgan fingerprint density at radius 3 is 2.74 bits per heavy atom. The van der Waals surface area contributed by atoms with Crippen LogP contribution >= 0.6 is 0 Å². The number of methoxy groups -OCH3 is 1. The summed E-state index contributed by atoms with van der Waals surface area (Å²) in [5, 5.41) is 15.6. The molecule has 9 nitrogen and oxygen atoms in total. The zero-order chi connectivity index (χ0) is 16.9. The van der Waals surface area contributed by atoms with Gasteiger partial charge in [-0.25, -0.2) is 14.6 Å². The lowest BCUT2D eigenvalue weighted by Crippen LogP contribution is -2.50. The van der Waals surface area contributed by atoms with Crippen molar-refractivity contribution >= 4 is 11.9 Å². The number of carbonyl (C=O) groups is 2. The van der Waals surface area contributed by atoms with Crippen LogP contribution in [0.15, 0.2) is 31.0 Å². The Labute approximate surface area is 132 Å². The summed E-state index contributed by atoms with van der Waals surface area (Å²) in [6.07, 6.45) is 4.01. The number of amides is 1. The van der Waals surface area contributed by atoms with Crippen LogP contribution in [-0.2, 0) is 9.53 Å². The monoisotopic (exact) mass is 319 g/mol. The molecule has 0 aliphatic carbocycles. The summed E-state index contributed by atoms with van der Waals surface area (Å²) in [7, 11) is 1.45. The second kappa shape index (κ2) is 6.97. The SMILES string of the molecule is COCC(C)(CC(=O)O)NC(=O)c1ccc(-n2cncn2)nc1. The van der Waals surface area contributed by atoms with Gasteiger partial charge in [0.2, 0.25) is 0 Å². The highest BCUT2D eigenvalue weighted by molar-refractivity contribution is 5.94. The number of pyridine rings is 1. The van der Waals surface area contributed by atoms with Gasteiger partial charge in [-0.05, 0) is 19.1 Å². The second-order valence-electron chi connectivity index (χ2n) is 5.26. The van der Waals surface area contributed by atoms with E-state index >= 15 is 0 Å². The highest BCUT2D eigenvalue weighted by Gasteiger charge is 2.30. The first-order chi connectivity index (χ1) is 10.9. The van der Waals surface area contributed by atoms with E-state index in [9.17, 15) is 9.59 Å². The first-order valence-corrected chi connectivity index (χ1v) is 6.78. The van der Waals surface area contributed by atoms with Crippen molar-refractivity contribution in [3.8, 4) is 5.82 Å². The normalized spacial score (nSPS) is 13.3. The molecule has 0 bridgehead atoms. The highest BCUT2D eigenvalue weighted by Crippen LogP contribution is 2.12. The Bertz CT molecular complexity index is 671. The first-order valence-electron chi connectivity index (χ1n) is 6.78. The third-order valence-electron chi connectivity index (χ3n) is 3.08. The van der Waals surface area contributed by atoms with Gasteiger partial charge in [-0.1, -0.05) is 0 Å². The molecule has 0 aliphatic rings. The van der Waals surface area contributed by atoms with Gasteiger partial charge in [-0.15, -0.1) is 0 Å². The molecular formula is C14H17N5O4. The van der Waals surface area contributed by atoms with Crippen molar-refractivity contribution in [3.05, 3.63) is 36.5 Å². The highest BCUT2D eigenvalue weighted by atomic mass is 16.5. The van der Waals surface area contributed by atoms with Gasteiger partial charge in [-0.2, -0.15) is 5.10 Å². The van der Waals surface area contributed by atoms with E-state index in [1.165, 1.54) is 30.6 Å². The topological polar surface area (TPSA) is 119 Å². The van der Waals surface area contributed by atoms with Crippen LogP contribution in [0.2, 0.25) is 0 Å². The first kappa shape index (κ1) is 16.6. The molecule has 0 aliphatic heterocycles. The van der Waals surface area contributed by atoms with Crippen molar-refractivity contribution in [1.82, 2.24) is 25.1 Å². The predicted octanol–water partition coefficient (Wildman–Crippen LogP) is 0.272. The quantitative estimate of drug-likeness (QED) is 0.751. The lowest BCUT2D eigenvalue weighted by Gasteiger charge is -2.28. The zero-order valence-corrected chi connectivity index (χ0v) is 12.8. The van der Waals surface area contributed by atoms with Gasteiger partial charge in [0, 0.05) is 13.3 Å². The Morgan fingerprint density at radius 1 is 1.43 bits per heavy atom. The van der Waals surface area contributed by atoms with Crippen LogP contribution in [0.5, 0.6) is 0 Å². The molecular weight excluding hydrogens is 302 g/mol. The van der Waals surface area contributed by atoms with E-state index in [0.717, 1.165) is 0 Å².